The Balaban J connectivity index is 1.49. The summed E-state index contributed by atoms with van der Waals surface area (Å²) in [5.74, 6) is 0.907. The molecule has 32 heavy (non-hydrogen) atoms. The smallest absolute Gasteiger partial charge is 0.274 e. The third-order valence-electron chi connectivity index (χ3n) is 6.20. The van der Waals surface area contributed by atoms with Crippen LogP contribution in [0.3, 0.4) is 0 Å². The van der Waals surface area contributed by atoms with E-state index in [1.165, 1.54) is 6.20 Å². The van der Waals surface area contributed by atoms with Gasteiger partial charge in [-0.25, -0.2) is 4.98 Å². The molecule has 0 aliphatic heterocycles. The largest absolute Gasteiger partial charge is 0.379 e. The molecule has 1 amide bonds. The Bertz CT molecular complexity index is 1210. The quantitative estimate of drug-likeness (QED) is 0.520. The summed E-state index contributed by atoms with van der Waals surface area (Å²) in [6.07, 6.45) is 8.24. The lowest BCUT2D eigenvalue weighted by atomic mass is 10.2. The molecule has 0 spiro atoms. The van der Waals surface area contributed by atoms with Gasteiger partial charge in [-0.2, -0.15) is 9.61 Å². The van der Waals surface area contributed by atoms with E-state index < -0.39 is 0 Å². The van der Waals surface area contributed by atoms with Gasteiger partial charge in [0.2, 0.25) is 0 Å². The first-order valence-electron chi connectivity index (χ1n) is 11.0. The molecule has 3 aromatic rings. The topological polar surface area (TPSA) is 115 Å². The lowest BCUT2D eigenvalue weighted by molar-refractivity contribution is 0.0739. The van der Waals surface area contributed by atoms with Crippen molar-refractivity contribution in [3.63, 3.8) is 0 Å². The summed E-state index contributed by atoms with van der Waals surface area (Å²) in [6, 6.07) is 5.59. The van der Waals surface area contributed by atoms with Gasteiger partial charge in [-0.1, -0.05) is 0 Å². The number of hydrogen-bond donors (Lipinski definition) is 3. The lowest BCUT2D eigenvalue weighted by Crippen LogP contribution is -2.30. The normalized spacial score (nSPS) is 20.4. The van der Waals surface area contributed by atoms with E-state index in [0.29, 0.717) is 28.5 Å². The van der Waals surface area contributed by atoms with Crippen molar-refractivity contribution < 1.29 is 9.53 Å². The first kappa shape index (κ1) is 20.5. The molecule has 0 saturated heterocycles. The summed E-state index contributed by atoms with van der Waals surface area (Å²) in [5, 5.41) is 13.5. The summed E-state index contributed by atoms with van der Waals surface area (Å²) in [4.78, 5) is 30.4. The van der Waals surface area contributed by atoms with Crippen molar-refractivity contribution in [2.75, 3.05) is 24.8 Å². The van der Waals surface area contributed by atoms with E-state index >= 15 is 0 Å². The van der Waals surface area contributed by atoms with Crippen LogP contribution in [-0.4, -0.2) is 51.4 Å². The van der Waals surface area contributed by atoms with Gasteiger partial charge in [0.05, 0.1) is 18.3 Å². The Morgan fingerprint density at radius 1 is 1.25 bits per heavy atom. The number of hydrogen-bond acceptors (Lipinski definition) is 7. The first-order valence-corrected chi connectivity index (χ1v) is 11.0. The predicted octanol–water partition coefficient (Wildman–Crippen LogP) is 2.31. The van der Waals surface area contributed by atoms with E-state index in [-0.39, 0.29) is 29.7 Å². The van der Waals surface area contributed by atoms with Crippen LogP contribution in [0.1, 0.15) is 48.5 Å². The number of fused-ring (bicyclic) bond motifs is 1. The molecule has 3 N–H and O–H groups in total. The van der Waals surface area contributed by atoms with Crippen molar-refractivity contribution in [1.29, 1.82) is 0 Å². The first-order chi connectivity index (χ1) is 15.6. The van der Waals surface area contributed by atoms with E-state index in [4.69, 9.17) is 4.74 Å². The molecule has 0 bridgehead atoms. The fraction of sp³-hybridized carbons (Fsp3) is 0.455. The molecule has 3 aromatic heterocycles. The van der Waals surface area contributed by atoms with Crippen LogP contribution in [-0.2, 0) is 4.74 Å². The second-order valence-corrected chi connectivity index (χ2v) is 8.35. The molecule has 168 valence electrons. The minimum atomic E-state index is -0.192. The van der Waals surface area contributed by atoms with Crippen LogP contribution in [0.5, 0.6) is 0 Å². The SMILES string of the molecule is CNc1cc(Nc2cccn([C@H]3CCC[C@H]3OC)c2=O)nc2c(C(=O)NC3CC3)cnn12. The molecule has 2 fully saturated rings. The Morgan fingerprint density at radius 2 is 2.09 bits per heavy atom. The van der Waals surface area contributed by atoms with E-state index in [0.717, 1.165) is 32.1 Å². The highest BCUT2D eigenvalue weighted by atomic mass is 16.5. The fourth-order valence-electron chi connectivity index (χ4n) is 4.36. The molecule has 2 saturated carbocycles. The van der Waals surface area contributed by atoms with Crippen LogP contribution in [0, 0.1) is 0 Å². The predicted molar refractivity (Wildman–Crippen MR) is 121 cm³/mol. The number of anilines is 3. The summed E-state index contributed by atoms with van der Waals surface area (Å²) in [6.45, 7) is 0. The van der Waals surface area contributed by atoms with Crippen molar-refractivity contribution in [2.45, 2.75) is 50.3 Å². The second-order valence-electron chi connectivity index (χ2n) is 8.35. The molecule has 10 heteroatoms. The van der Waals surface area contributed by atoms with Gasteiger partial charge >= 0.3 is 0 Å². The van der Waals surface area contributed by atoms with Crippen LogP contribution in [0.2, 0.25) is 0 Å². The van der Waals surface area contributed by atoms with Crippen LogP contribution in [0.15, 0.2) is 35.4 Å². The van der Waals surface area contributed by atoms with Crippen LogP contribution >= 0.6 is 0 Å². The van der Waals surface area contributed by atoms with Crippen LogP contribution in [0.25, 0.3) is 5.65 Å². The molecule has 0 aromatic carbocycles. The summed E-state index contributed by atoms with van der Waals surface area (Å²) < 4.78 is 8.91. The van der Waals surface area contributed by atoms with Crippen molar-refractivity contribution in [3.8, 4) is 0 Å². The van der Waals surface area contributed by atoms with Crippen molar-refractivity contribution in [3.05, 3.63) is 46.5 Å². The zero-order valence-electron chi connectivity index (χ0n) is 18.2. The van der Waals surface area contributed by atoms with Crippen molar-refractivity contribution >= 4 is 28.9 Å². The van der Waals surface area contributed by atoms with Gasteiger partial charge in [-0.15, -0.1) is 0 Å². The van der Waals surface area contributed by atoms with Gasteiger partial charge < -0.3 is 25.3 Å². The number of rotatable bonds is 7. The minimum absolute atomic E-state index is 0.0186. The van der Waals surface area contributed by atoms with E-state index in [9.17, 15) is 9.59 Å². The van der Waals surface area contributed by atoms with Crippen LogP contribution < -0.4 is 21.5 Å². The average Bonchev–Trinajstić information content (AvgIpc) is 3.31. The number of nitrogens with zero attached hydrogens (tertiary/aromatic N) is 4. The van der Waals surface area contributed by atoms with Gasteiger partial charge in [-0.3, -0.25) is 9.59 Å². The Kier molecular flexibility index (Phi) is 5.30. The molecule has 2 atom stereocenters. The summed E-state index contributed by atoms with van der Waals surface area (Å²) in [5.41, 5.74) is 1.10. The Hall–Kier alpha value is -3.40. The highest BCUT2D eigenvalue weighted by molar-refractivity contribution is 6.00. The molecule has 5 rings (SSSR count). The Morgan fingerprint density at radius 3 is 2.84 bits per heavy atom. The van der Waals surface area contributed by atoms with Crippen molar-refractivity contribution in [2.24, 2.45) is 0 Å². The van der Waals surface area contributed by atoms with E-state index in [1.54, 1.807) is 35.4 Å². The maximum Gasteiger partial charge on any atom is 0.274 e. The zero-order valence-corrected chi connectivity index (χ0v) is 18.2. The van der Waals surface area contributed by atoms with Gasteiger partial charge in [0, 0.05) is 32.5 Å². The molecular formula is C22H27N7O3. The number of methoxy groups -OCH3 is 1. The van der Waals surface area contributed by atoms with E-state index in [1.807, 2.05) is 12.3 Å². The maximum absolute atomic E-state index is 13.2. The highest BCUT2D eigenvalue weighted by Gasteiger charge is 2.30. The van der Waals surface area contributed by atoms with E-state index in [2.05, 4.69) is 26.0 Å². The number of pyridine rings is 1. The lowest BCUT2D eigenvalue weighted by Gasteiger charge is -2.21. The number of aromatic nitrogens is 4. The van der Waals surface area contributed by atoms with Gasteiger partial charge in [-0.05, 0) is 44.2 Å². The van der Waals surface area contributed by atoms with Gasteiger partial charge in [0.25, 0.3) is 11.5 Å². The minimum Gasteiger partial charge on any atom is -0.379 e. The third kappa shape index (κ3) is 3.70. The van der Waals surface area contributed by atoms with Crippen LogP contribution in [0.4, 0.5) is 17.3 Å². The molecule has 2 aliphatic rings. The van der Waals surface area contributed by atoms with Gasteiger partial charge in [0.15, 0.2) is 5.65 Å². The second kappa shape index (κ2) is 8.27. The average molecular weight is 438 g/mol. The molecule has 3 heterocycles. The molecule has 10 nitrogen and oxygen atoms in total. The summed E-state index contributed by atoms with van der Waals surface area (Å²) in [7, 11) is 3.46. The standard InChI is InChI=1S/C22H27N7O3/c1-23-19-11-18(27-20-14(12-24-29(19)20)21(30)25-13-8-9-13)26-15-5-4-10-28(22(15)31)16-6-3-7-17(16)32-2/h4-5,10-13,16-17,23H,3,6-9H2,1-2H3,(H,25,30)(H,26,27)/t16-,17+/m0/s1. The summed E-state index contributed by atoms with van der Waals surface area (Å²) >= 11 is 0. The number of nitrogens with one attached hydrogen (secondary N) is 3. The zero-order chi connectivity index (χ0) is 22.2. The third-order valence-corrected chi connectivity index (χ3v) is 6.20. The maximum atomic E-state index is 13.2. The van der Waals surface area contributed by atoms with Crippen molar-refractivity contribution in [1.82, 2.24) is 24.5 Å². The monoisotopic (exact) mass is 437 g/mol. The van der Waals surface area contributed by atoms with Gasteiger partial charge in [0.1, 0.15) is 22.9 Å². The molecule has 2 aliphatic carbocycles. The number of amides is 1. The fourth-order valence-corrected chi connectivity index (χ4v) is 4.36. The highest BCUT2D eigenvalue weighted by Crippen LogP contribution is 2.31. The molecule has 0 unspecified atom stereocenters. The number of carbonyl (C=O) groups excluding carboxylic acids is 1. The molecular weight excluding hydrogens is 410 g/mol. The molecule has 0 radical (unpaired) electrons. The number of carbonyl (C=O) groups is 1. The number of ether oxygens (including phenoxy) is 1. The Labute approximate surface area is 185 Å².